The molecule has 3 aromatic rings. The lowest BCUT2D eigenvalue weighted by atomic mass is 9.88. The molecule has 2 atom stereocenters. The number of carboxylic acid groups (broad SMARTS) is 1. The zero-order chi connectivity index (χ0) is 23.2. The van der Waals surface area contributed by atoms with Gasteiger partial charge in [0.15, 0.2) is 0 Å². The van der Waals surface area contributed by atoms with Gasteiger partial charge in [0.1, 0.15) is 5.75 Å². The van der Waals surface area contributed by atoms with Crippen molar-refractivity contribution in [1.29, 1.82) is 0 Å². The Labute approximate surface area is 209 Å². The maximum absolute atomic E-state index is 10.6. The predicted octanol–water partition coefficient (Wildman–Crippen LogP) is 5.23. The van der Waals surface area contributed by atoms with Gasteiger partial charge < -0.3 is 20.3 Å². The number of carbonyl (C=O) groups is 1. The molecule has 1 heterocycles. The Balaban J connectivity index is 0.00000324. The highest BCUT2D eigenvalue weighted by molar-refractivity contribution is 6.30. The first-order valence-electron chi connectivity index (χ1n) is 10.8. The molecule has 0 bridgehead atoms. The summed E-state index contributed by atoms with van der Waals surface area (Å²) in [5, 5.41) is 23.3. The van der Waals surface area contributed by atoms with Crippen molar-refractivity contribution in [3.8, 4) is 11.6 Å². The Morgan fingerprint density at radius 3 is 2.79 bits per heavy atom. The fraction of sp³-hybridized carbons (Fsp3) is 0.231. The van der Waals surface area contributed by atoms with Crippen LogP contribution in [0.1, 0.15) is 34.8 Å². The van der Waals surface area contributed by atoms with Crippen molar-refractivity contribution < 1.29 is 19.7 Å². The first-order chi connectivity index (χ1) is 16.0. The average molecular weight is 501 g/mol. The number of aromatic nitrogens is 1. The van der Waals surface area contributed by atoms with Crippen LogP contribution in [0.25, 0.3) is 6.08 Å². The average Bonchev–Trinajstić information content (AvgIpc) is 2.82. The van der Waals surface area contributed by atoms with E-state index in [0.717, 1.165) is 30.9 Å². The van der Waals surface area contributed by atoms with E-state index in [9.17, 15) is 9.90 Å². The minimum absolute atomic E-state index is 0. The van der Waals surface area contributed by atoms with E-state index in [0.29, 0.717) is 28.8 Å². The number of ether oxygens (including phenoxy) is 1. The number of carboxylic acids is 1. The van der Waals surface area contributed by atoms with Gasteiger partial charge in [0.2, 0.25) is 5.88 Å². The summed E-state index contributed by atoms with van der Waals surface area (Å²) < 4.78 is 5.90. The van der Waals surface area contributed by atoms with Gasteiger partial charge in [-0.25, -0.2) is 9.78 Å². The van der Waals surface area contributed by atoms with Gasteiger partial charge in [-0.1, -0.05) is 29.8 Å². The van der Waals surface area contributed by atoms with Gasteiger partial charge in [-0.3, -0.25) is 0 Å². The van der Waals surface area contributed by atoms with Crippen LogP contribution in [0.3, 0.4) is 0 Å². The molecule has 0 radical (unpaired) electrons. The third-order valence-electron chi connectivity index (χ3n) is 5.64. The number of hydrogen-bond acceptors (Lipinski definition) is 5. The Morgan fingerprint density at radius 1 is 1.21 bits per heavy atom. The molecule has 1 aliphatic carbocycles. The summed E-state index contributed by atoms with van der Waals surface area (Å²) in [7, 11) is 0. The number of rotatable bonds is 8. The zero-order valence-corrected chi connectivity index (χ0v) is 19.9. The quantitative estimate of drug-likeness (QED) is 0.367. The number of halogens is 2. The van der Waals surface area contributed by atoms with Gasteiger partial charge in [0.25, 0.3) is 0 Å². The van der Waals surface area contributed by atoms with Gasteiger partial charge in [-0.05, 0) is 77.9 Å². The number of aryl methyl sites for hydroxylation is 1. The second-order valence-corrected chi connectivity index (χ2v) is 8.49. The highest BCUT2D eigenvalue weighted by Gasteiger charge is 2.20. The molecule has 34 heavy (non-hydrogen) atoms. The molecule has 0 amide bonds. The van der Waals surface area contributed by atoms with Crippen molar-refractivity contribution in [2.24, 2.45) is 0 Å². The van der Waals surface area contributed by atoms with Gasteiger partial charge in [0, 0.05) is 35.9 Å². The van der Waals surface area contributed by atoms with E-state index in [-0.39, 0.29) is 18.4 Å². The van der Waals surface area contributed by atoms with Crippen molar-refractivity contribution in [1.82, 2.24) is 10.3 Å². The van der Waals surface area contributed by atoms with Crippen LogP contribution in [0, 0.1) is 0 Å². The third-order valence-corrected chi connectivity index (χ3v) is 5.87. The molecule has 1 aliphatic rings. The molecule has 1 aromatic heterocycles. The van der Waals surface area contributed by atoms with Crippen LogP contribution < -0.4 is 10.1 Å². The monoisotopic (exact) mass is 500 g/mol. The Kier molecular flexibility index (Phi) is 9.07. The SMILES string of the molecule is Cl.O=C(O)/C=C/c1ccc(Oc2ccc3c(c2)C[C@@H](NC[C@H](O)c2cccc(Cl)c2)CC3)nc1. The Hall–Kier alpha value is -2.90. The summed E-state index contributed by atoms with van der Waals surface area (Å²) in [6, 6.07) is 17.1. The van der Waals surface area contributed by atoms with Crippen LogP contribution in [-0.4, -0.2) is 33.8 Å². The number of nitrogens with zero attached hydrogens (tertiary/aromatic N) is 1. The second kappa shape index (κ2) is 12.0. The van der Waals surface area contributed by atoms with Gasteiger partial charge in [-0.15, -0.1) is 12.4 Å². The summed E-state index contributed by atoms with van der Waals surface area (Å²) in [5.41, 5.74) is 4.01. The third kappa shape index (κ3) is 7.05. The van der Waals surface area contributed by atoms with Crippen molar-refractivity contribution in [2.45, 2.75) is 31.4 Å². The summed E-state index contributed by atoms with van der Waals surface area (Å²) >= 11 is 6.03. The van der Waals surface area contributed by atoms with E-state index in [2.05, 4.69) is 16.4 Å². The van der Waals surface area contributed by atoms with E-state index in [1.807, 2.05) is 24.3 Å². The predicted molar refractivity (Wildman–Crippen MR) is 135 cm³/mol. The Morgan fingerprint density at radius 2 is 2.06 bits per heavy atom. The Bertz CT molecular complexity index is 1150. The topological polar surface area (TPSA) is 91.7 Å². The molecule has 0 aliphatic heterocycles. The second-order valence-electron chi connectivity index (χ2n) is 8.05. The summed E-state index contributed by atoms with van der Waals surface area (Å²) in [5.74, 6) is 0.142. The lowest BCUT2D eigenvalue weighted by Crippen LogP contribution is -2.37. The number of nitrogens with one attached hydrogen (secondary N) is 1. The standard InChI is InChI=1S/C26H25ClN2O4.ClH/c27-21-3-1-2-19(12-21)24(30)16-28-22-8-6-18-7-9-23(14-20(18)13-22)33-25-10-4-17(15-29-25)5-11-26(31)32;/h1-5,7,9-12,14-15,22,24,28,30H,6,8,13,16H2,(H,31,32);1H/b11-5+;/t22-,24-;/m0./s1. The largest absolute Gasteiger partial charge is 0.478 e. The van der Waals surface area contributed by atoms with Gasteiger partial charge in [-0.2, -0.15) is 0 Å². The molecule has 8 heteroatoms. The molecule has 3 N–H and O–H groups in total. The molecule has 178 valence electrons. The minimum Gasteiger partial charge on any atom is -0.478 e. The molecule has 4 rings (SSSR count). The van der Waals surface area contributed by atoms with Crippen molar-refractivity contribution in [3.63, 3.8) is 0 Å². The maximum Gasteiger partial charge on any atom is 0.328 e. The lowest BCUT2D eigenvalue weighted by molar-refractivity contribution is -0.131. The normalized spacial score (nSPS) is 15.9. The van der Waals surface area contributed by atoms with Crippen molar-refractivity contribution in [3.05, 3.63) is 94.1 Å². The number of pyridine rings is 1. The molecule has 6 nitrogen and oxygen atoms in total. The van der Waals surface area contributed by atoms with E-state index in [1.54, 1.807) is 30.5 Å². The van der Waals surface area contributed by atoms with Gasteiger partial charge >= 0.3 is 5.97 Å². The van der Waals surface area contributed by atoms with E-state index in [4.69, 9.17) is 21.4 Å². The van der Waals surface area contributed by atoms with Crippen molar-refractivity contribution >= 4 is 36.1 Å². The van der Waals surface area contributed by atoms with Crippen LogP contribution >= 0.6 is 24.0 Å². The summed E-state index contributed by atoms with van der Waals surface area (Å²) in [6.07, 6.45) is 6.32. The van der Waals surface area contributed by atoms with E-state index < -0.39 is 12.1 Å². The van der Waals surface area contributed by atoms with Crippen molar-refractivity contribution in [2.75, 3.05) is 6.54 Å². The van der Waals surface area contributed by atoms with E-state index in [1.165, 1.54) is 17.2 Å². The smallest absolute Gasteiger partial charge is 0.328 e. The molecule has 0 unspecified atom stereocenters. The number of aliphatic hydroxyl groups is 1. The minimum atomic E-state index is -1.00. The number of aliphatic carboxylic acids is 1. The number of fused-ring (bicyclic) bond motifs is 1. The van der Waals surface area contributed by atoms with Crippen LogP contribution in [-0.2, 0) is 17.6 Å². The number of benzene rings is 2. The molecule has 0 saturated carbocycles. The molecular weight excluding hydrogens is 475 g/mol. The van der Waals surface area contributed by atoms with Crippen LogP contribution in [0.2, 0.25) is 5.02 Å². The lowest BCUT2D eigenvalue weighted by Gasteiger charge is -2.27. The highest BCUT2D eigenvalue weighted by Crippen LogP contribution is 2.28. The first kappa shape index (κ1) is 25.7. The molecule has 2 aromatic carbocycles. The van der Waals surface area contributed by atoms with Crippen LogP contribution in [0.15, 0.2) is 66.9 Å². The number of aliphatic hydroxyl groups excluding tert-OH is 1. The highest BCUT2D eigenvalue weighted by atomic mass is 35.5. The first-order valence-corrected chi connectivity index (χ1v) is 11.2. The fourth-order valence-corrected chi connectivity index (χ4v) is 4.12. The van der Waals surface area contributed by atoms with Crippen LogP contribution in [0.4, 0.5) is 0 Å². The number of hydrogen-bond donors (Lipinski definition) is 3. The molecule has 0 spiro atoms. The molecular formula is C26H26Cl2N2O4. The molecule has 0 saturated heterocycles. The van der Waals surface area contributed by atoms with Gasteiger partial charge in [0.05, 0.1) is 6.10 Å². The van der Waals surface area contributed by atoms with E-state index >= 15 is 0 Å². The fourth-order valence-electron chi connectivity index (χ4n) is 3.92. The molecule has 0 fully saturated rings. The van der Waals surface area contributed by atoms with Crippen LogP contribution in [0.5, 0.6) is 11.6 Å². The zero-order valence-electron chi connectivity index (χ0n) is 18.4. The summed E-state index contributed by atoms with van der Waals surface area (Å²) in [6.45, 7) is 0.461. The maximum atomic E-state index is 10.6. The summed E-state index contributed by atoms with van der Waals surface area (Å²) in [4.78, 5) is 14.9.